The Morgan fingerprint density at radius 3 is 2.56 bits per heavy atom. The highest BCUT2D eigenvalue weighted by molar-refractivity contribution is 6.31. The van der Waals surface area contributed by atoms with Crippen molar-refractivity contribution in [2.75, 3.05) is 6.54 Å². The van der Waals surface area contributed by atoms with E-state index in [2.05, 4.69) is 10.4 Å². The SMILES string of the molecule is CC(C)NCC(O)c1c(Cl)cnn1C(C)C. The Kier molecular flexibility index (Phi) is 4.77. The molecule has 2 N–H and O–H groups in total. The molecule has 0 saturated carbocycles. The summed E-state index contributed by atoms with van der Waals surface area (Å²) in [7, 11) is 0. The number of halogens is 1. The van der Waals surface area contributed by atoms with E-state index in [1.165, 1.54) is 0 Å². The van der Waals surface area contributed by atoms with Gasteiger partial charge in [-0.25, -0.2) is 0 Å². The van der Waals surface area contributed by atoms with Crippen molar-refractivity contribution in [2.24, 2.45) is 0 Å². The van der Waals surface area contributed by atoms with Crippen LogP contribution in [0.3, 0.4) is 0 Å². The normalized spacial score (nSPS) is 13.8. The lowest BCUT2D eigenvalue weighted by Gasteiger charge is -2.18. The zero-order chi connectivity index (χ0) is 12.3. The van der Waals surface area contributed by atoms with Crippen LogP contribution in [0, 0.1) is 0 Å². The van der Waals surface area contributed by atoms with Crippen LogP contribution >= 0.6 is 11.6 Å². The van der Waals surface area contributed by atoms with Crippen LogP contribution in [0.2, 0.25) is 5.02 Å². The van der Waals surface area contributed by atoms with Gasteiger partial charge >= 0.3 is 0 Å². The fraction of sp³-hybridized carbons (Fsp3) is 0.727. The van der Waals surface area contributed by atoms with Gasteiger partial charge in [0, 0.05) is 18.6 Å². The lowest BCUT2D eigenvalue weighted by Crippen LogP contribution is -2.29. The molecular formula is C11H20ClN3O. The van der Waals surface area contributed by atoms with E-state index in [9.17, 15) is 5.11 Å². The molecule has 0 aliphatic rings. The minimum Gasteiger partial charge on any atom is -0.385 e. The van der Waals surface area contributed by atoms with Crippen molar-refractivity contribution in [2.45, 2.75) is 45.9 Å². The maximum Gasteiger partial charge on any atom is 0.110 e. The van der Waals surface area contributed by atoms with E-state index in [-0.39, 0.29) is 6.04 Å². The number of nitrogens with zero attached hydrogens (tertiary/aromatic N) is 2. The Morgan fingerprint density at radius 1 is 1.44 bits per heavy atom. The molecule has 0 fully saturated rings. The van der Waals surface area contributed by atoms with Crippen LogP contribution < -0.4 is 5.32 Å². The summed E-state index contributed by atoms with van der Waals surface area (Å²) in [6.07, 6.45) is 0.954. The van der Waals surface area contributed by atoms with E-state index < -0.39 is 6.10 Å². The first-order chi connectivity index (χ1) is 7.43. The van der Waals surface area contributed by atoms with Crippen LogP contribution in [-0.4, -0.2) is 27.5 Å². The standard InChI is InChI=1S/C11H20ClN3O/c1-7(2)13-6-10(16)11-9(12)5-14-15(11)8(3)4/h5,7-8,10,13,16H,6H2,1-4H3. The largest absolute Gasteiger partial charge is 0.385 e. The number of hydrogen-bond acceptors (Lipinski definition) is 3. The molecule has 1 rings (SSSR count). The van der Waals surface area contributed by atoms with Gasteiger partial charge in [-0.05, 0) is 13.8 Å². The second kappa shape index (κ2) is 5.66. The molecular weight excluding hydrogens is 226 g/mol. The van der Waals surface area contributed by atoms with Crippen molar-refractivity contribution in [3.05, 3.63) is 16.9 Å². The van der Waals surface area contributed by atoms with Crippen LogP contribution in [0.25, 0.3) is 0 Å². The molecule has 1 aromatic rings. The zero-order valence-electron chi connectivity index (χ0n) is 10.2. The van der Waals surface area contributed by atoms with Crippen molar-refractivity contribution < 1.29 is 5.11 Å². The lowest BCUT2D eigenvalue weighted by molar-refractivity contribution is 0.159. The molecule has 0 saturated heterocycles. The molecule has 0 radical (unpaired) electrons. The van der Waals surface area contributed by atoms with Gasteiger partial charge in [0.2, 0.25) is 0 Å². The highest BCUT2D eigenvalue weighted by Crippen LogP contribution is 2.24. The van der Waals surface area contributed by atoms with E-state index >= 15 is 0 Å². The number of aliphatic hydroxyl groups excluding tert-OH is 1. The Morgan fingerprint density at radius 2 is 2.06 bits per heavy atom. The molecule has 0 bridgehead atoms. The highest BCUT2D eigenvalue weighted by Gasteiger charge is 2.19. The third kappa shape index (κ3) is 3.20. The van der Waals surface area contributed by atoms with Crippen LogP contribution in [-0.2, 0) is 0 Å². The summed E-state index contributed by atoms with van der Waals surface area (Å²) in [4.78, 5) is 0. The van der Waals surface area contributed by atoms with E-state index in [1.54, 1.807) is 10.9 Å². The number of hydrogen-bond donors (Lipinski definition) is 2. The smallest absolute Gasteiger partial charge is 0.110 e. The Labute approximate surface area is 102 Å². The Bertz CT molecular complexity index is 336. The van der Waals surface area contributed by atoms with Gasteiger partial charge in [-0.2, -0.15) is 5.10 Å². The fourth-order valence-electron chi connectivity index (χ4n) is 1.52. The maximum absolute atomic E-state index is 10.1. The number of nitrogens with one attached hydrogen (secondary N) is 1. The van der Waals surface area contributed by atoms with Crippen molar-refractivity contribution in [1.82, 2.24) is 15.1 Å². The summed E-state index contributed by atoms with van der Waals surface area (Å²) >= 11 is 6.03. The summed E-state index contributed by atoms with van der Waals surface area (Å²) in [5, 5.41) is 17.9. The van der Waals surface area contributed by atoms with Gasteiger partial charge in [-0.1, -0.05) is 25.4 Å². The average molecular weight is 246 g/mol. The van der Waals surface area contributed by atoms with Gasteiger partial charge in [-0.15, -0.1) is 0 Å². The molecule has 1 heterocycles. The Hall–Kier alpha value is -0.580. The van der Waals surface area contributed by atoms with E-state index in [1.807, 2.05) is 27.7 Å². The number of aromatic nitrogens is 2. The molecule has 92 valence electrons. The summed E-state index contributed by atoms with van der Waals surface area (Å²) < 4.78 is 1.76. The first-order valence-electron chi connectivity index (χ1n) is 5.57. The fourth-order valence-corrected chi connectivity index (χ4v) is 1.77. The molecule has 4 nitrogen and oxygen atoms in total. The molecule has 0 spiro atoms. The number of rotatable bonds is 5. The van der Waals surface area contributed by atoms with Crippen molar-refractivity contribution in [3.63, 3.8) is 0 Å². The predicted molar refractivity (Wildman–Crippen MR) is 65.7 cm³/mol. The van der Waals surface area contributed by atoms with Gasteiger partial charge in [0.15, 0.2) is 0 Å². The van der Waals surface area contributed by atoms with E-state index in [0.29, 0.717) is 23.3 Å². The van der Waals surface area contributed by atoms with E-state index in [0.717, 1.165) is 0 Å². The summed E-state index contributed by atoms with van der Waals surface area (Å²) in [6, 6.07) is 0.528. The van der Waals surface area contributed by atoms with Crippen molar-refractivity contribution >= 4 is 11.6 Å². The molecule has 0 aliphatic carbocycles. The minimum absolute atomic E-state index is 0.191. The summed E-state index contributed by atoms with van der Waals surface area (Å²) in [6.45, 7) is 8.57. The molecule has 0 amide bonds. The van der Waals surface area contributed by atoms with Crippen LogP contribution in [0.5, 0.6) is 0 Å². The monoisotopic (exact) mass is 245 g/mol. The second-order valence-corrected chi connectivity index (χ2v) is 4.90. The second-order valence-electron chi connectivity index (χ2n) is 4.49. The first-order valence-corrected chi connectivity index (χ1v) is 5.95. The van der Waals surface area contributed by atoms with Gasteiger partial charge in [0.1, 0.15) is 6.10 Å². The third-order valence-electron chi connectivity index (χ3n) is 2.31. The van der Waals surface area contributed by atoms with E-state index in [4.69, 9.17) is 11.6 Å². The first kappa shape index (κ1) is 13.5. The van der Waals surface area contributed by atoms with Crippen molar-refractivity contribution in [3.8, 4) is 0 Å². The summed E-state index contributed by atoms with van der Waals surface area (Å²) in [5.41, 5.74) is 0.685. The third-order valence-corrected chi connectivity index (χ3v) is 2.60. The maximum atomic E-state index is 10.1. The minimum atomic E-state index is -0.625. The molecule has 5 heteroatoms. The van der Waals surface area contributed by atoms with Gasteiger partial charge < -0.3 is 10.4 Å². The van der Waals surface area contributed by atoms with Crippen LogP contribution in [0.4, 0.5) is 0 Å². The average Bonchev–Trinajstić information content (AvgIpc) is 2.56. The summed E-state index contributed by atoms with van der Waals surface area (Å²) in [5.74, 6) is 0. The molecule has 0 aromatic carbocycles. The van der Waals surface area contributed by atoms with Crippen LogP contribution in [0.15, 0.2) is 6.20 Å². The topological polar surface area (TPSA) is 50.1 Å². The van der Waals surface area contributed by atoms with Gasteiger partial charge in [0.05, 0.1) is 16.9 Å². The number of aliphatic hydroxyl groups is 1. The molecule has 1 unspecified atom stereocenters. The molecule has 0 aliphatic heterocycles. The molecule has 16 heavy (non-hydrogen) atoms. The highest BCUT2D eigenvalue weighted by atomic mass is 35.5. The molecule has 1 atom stereocenters. The van der Waals surface area contributed by atoms with Crippen LogP contribution in [0.1, 0.15) is 45.5 Å². The van der Waals surface area contributed by atoms with Crippen molar-refractivity contribution in [1.29, 1.82) is 0 Å². The Balaban J connectivity index is 2.81. The quantitative estimate of drug-likeness (QED) is 0.836. The van der Waals surface area contributed by atoms with Gasteiger partial charge in [-0.3, -0.25) is 4.68 Å². The zero-order valence-corrected chi connectivity index (χ0v) is 11.0. The lowest BCUT2D eigenvalue weighted by atomic mass is 10.2. The molecule has 1 aromatic heterocycles. The van der Waals surface area contributed by atoms with Gasteiger partial charge in [0.25, 0.3) is 0 Å². The predicted octanol–water partition coefficient (Wildman–Crippen LogP) is 2.15.